The molecule has 0 aliphatic rings. The Kier molecular flexibility index (Phi) is 4.18. The van der Waals surface area contributed by atoms with Gasteiger partial charge in [0.15, 0.2) is 0 Å². The van der Waals surface area contributed by atoms with Crippen molar-refractivity contribution >= 4 is 27.4 Å². The second-order valence-electron chi connectivity index (χ2n) is 4.11. The molecule has 0 saturated heterocycles. The third-order valence-electron chi connectivity index (χ3n) is 2.28. The fraction of sp³-hybridized carbons (Fsp3) is 0.364. The molecule has 1 aromatic carbocycles. The van der Waals surface area contributed by atoms with Gasteiger partial charge in [-0.15, -0.1) is 0 Å². The summed E-state index contributed by atoms with van der Waals surface area (Å²) in [6.07, 6.45) is 1.07. The van der Waals surface area contributed by atoms with Crippen LogP contribution in [0.25, 0.3) is 0 Å². The van der Waals surface area contributed by atoms with Crippen molar-refractivity contribution in [3.05, 3.63) is 23.8 Å². The zero-order valence-corrected chi connectivity index (χ0v) is 11.2. The molecule has 18 heavy (non-hydrogen) atoms. The number of carboxylic acid groups (broad SMARTS) is 1. The van der Waals surface area contributed by atoms with Crippen molar-refractivity contribution in [2.75, 3.05) is 16.3 Å². The normalized spacial score (nSPS) is 12.8. The average Bonchev–Trinajstić information content (AvgIpc) is 2.20. The predicted molar refractivity (Wildman–Crippen MR) is 70.4 cm³/mol. The Morgan fingerprint density at radius 2 is 2.00 bits per heavy atom. The topological polar surface area (TPSA) is 95.5 Å². The monoisotopic (exact) mass is 272 g/mol. The zero-order chi connectivity index (χ0) is 13.9. The smallest absolute Gasteiger partial charge is 0.325 e. The number of hydrogen-bond donors (Lipinski definition) is 3. The summed E-state index contributed by atoms with van der Waals surface area (Å²) >= 11 is 0. The summed E-state index contributed by atoms with van der Waals surface area (Å²) in [5, 5.41) is 11.6. The molecular weight excluding hydrogens is 256 g/mol. The number of nitrogens with one attached hydrogen (secondary N) is 2. The van der Waals surface area contributed by atoms with Crippen LogP contribution in [0.5, 0.6) is 0 Å². The molecule has 3 N–H and O–H groups in total. The van der Waals surface area contributed by atoms with Gasteiger partial charge in [0.05, 0.1) is 11.9 Å². The molecule has 100 valence electrons. The maximum atomic E-state index is 11.1. The minimum absolute atomic E-state index is 0.478. The van der Waals surface area contributed by atoms with E-state index in [4.69, 9.17) is 5.11 Å². The van der Waals surface area contributed by atoms with Crippen LogP contribution in [0, 0.1) is 6.92 Å². The van der Waals surface area contributed by atoms with Gasteiger partial charge in [0.25, 0.3) is 0 Å². The molecule has 6 nitrogen and oxygen atoms in total. The summed E-state index contributed by atoms with van der Waals surface area (Å²) < 4.78 is 24.6. The van der Waals surface area contributed by atoms with Crippen LogP contribution in [0.1, 0.15) is 12.5 Å². The summed E-state index contributed by atoms with van der Waals surface area (Å²) in [7, 11) is -3.31. The molecule has 0 fully saturated rings. The lowest BCUT2D eigenvalue weighted by molar-refractivity contribution is -0.137. The number of aryl methyl sites for hydroxylation is 1. The SMILES string of the molecule is Cc1cc(NC(C)C(=O)O)ccc1NS(C)(=O)=O. The molecule has 1 unspecified atom stereocenters. The summed E-state index contributed by atoms with van der Waals surface area (Å²) in [5.41, 5.74) is 1.82. The molecule has 1 rings (SSSR count). The van der Waals surface area contributed by atoms with Gasteiger partial charge in [-0.25, -0.2) is 8.42 Å². The van der Waals surface area contributed by atoms with Crippen molar-refractivity contribution in [3.8, 4) is 0 Å². The number of anilines is 2. The van der Waals surface area contributed by atoms with E-state index < -0.39 is 22.0 Å². The van der Waals surface area contributed by atoms with Crippen molar-refractivity contribution in [2.24, 2.45) is 0 Å². The van der Waals surface area contributed by atoms with Crippen molar-refractivity contribution in [1.82, 2.24) is 0 Å². The van der Waals surface area contributed by atoms with Crippen molar-refractivity contribution in [3.63, 3.8) is 0 Å². The maximum absolute atomic E-state index is 11.1. The zero-order valence-electron chi connectivity index (χ0n) is 10.4. The van der Waals surface area contributed by atoms with E-state index in [0.29, 0.717) is 16.9 Å². The molecule has 0 amide bonds. The van der Waals surface area contributed by atoms with Gasteiger partial charge in [-0.2, -0.15) is 0 Å². The lowest BCUT2D eigenvalue weighted by Gasteiger charge is -2.13. The first-order valence-corrected chi connectivity index (χ1v) is 7.16. The second kappa shape index (κ2) is 5.26. The summed E-state index contributed by atoms with van der Waals surface area (Å²) in [6.45, 7) is 3.27. The van der Waals surface area contributed by atoms with E-state index in [2.05, 4.69) is 10.0 Å². The van der Waals surface area contributed by atoms with E-state index in [1.54, 1.807) is 25.1 Å². The molecule has 0 bridgehead atoms. The van der Waals surface area contributed by atoms with Gasteiger partial charge < -0.3 is 10.4 Å². The van der Waals surface area contributed by atoms with Crippen LogP contribution in [0.4, 0.5) is 11.4 Å². The Morgan fingerprint density at radius 3 is 2.44 bits per heavy atom. The van der Waals surface area contributed by atoms with Crippen LogP contribution in [0.2, 0.25) is 0 Å². The molecule has 0 aliphatic carbocycles. The molecule has 1 aromatic rings. The number of rotatable bonds is 5. The van der Waals surface area contributed by atoms with Gasteiger partial charge in [0.2, 0.25) is 10.0 Å². The van der Waals surface area contributed by atoms with Crippen LogP contribution >= 0.6 is 0 Å². The Morgan fingerprint density at radius 1 is 1.39 bits per heavy atom. The molecular formula is C11H16N2O4S. The van der Waals surface area contributed by atoms with Crippen molar-refractivity contribution < 1.29 is 18.3 Å². The van der Waals surface area contributed by atoms with E-state index in [9.17, 15) is 13.2 Å². The van der Waals surface area contributed by atoms with E-state index in [1.165, 1.54) is 6.92 Å². The van der Waals surface area contributed by atoms with E-state index in [1.807, 2.05) is 0 Å². The Hall–Kier alpha value is -1.76. The number of hydrogen-bond acceptors (Lipinski definition) is 4. The molecule has 0 spiro atoms. The highest BCUT2D eigenvalue weighted by Gasteiger charge is 2.11. The molecule has 1 atom stereocenters. The Bertz CT molecular complexity index is 554. The highest BCUT2D eigenvalue weighted by Crippen LogP contribution is 2.21. The van der Waals surface area contributed by atoms with Gasteiger partial charge in [-0.3, -0.25) is 9.52 Å². The summed E-state index contributed by atoms with van der Waals surface area (Å²) in [5.74, 6) is -0.953. The summed E-state index contributed by atoms with van der Waals surface area (Å²) in [6, 6.07) is 4.19. The van der Waals surface area contributed by atoms with E-state index >= 15 is 0 Å². The van der Waals surface area contributed by atoms with Crippen LogP contribution < -0.4 is 10.0 Å². The molecule has 0 aliphatic heterocycles. The van der Waals surface area contributed by atoms with Gasteiger partial charge in [-0.05, 0) is 37.6 Å². The highest BCUT2D eigenvalue weighted by molar-refractivity contribution is 7.92. The minimum atomic E-state index is -3.31. The minimum Gasteiger partial charge on any atom is -0.480 e. The number of carbonyl (C=O) groups is 1. The fourth-order valence-electron chi connectivity index (χ4n) is 1.38. The third kappa shape index (κ3) is 4.25. The van der Waals surface area contributed by atoms with Gasteiger partial charge in [0, 0.05) is 5.69 Å². The largest absolute Gasteiger partial charge is 0.480 e. The standard InChI is InChI=1S/C11H16N2O4S/c1-7-6-9(12-8(2)11(14)15)4-5-10(7)13-18(3,16)17/h4-6,8,12-13H,1-3H3,(H,14,15). The van der Waals surface area contributed by atoms with Crippen LogP contribution in [0.15, 0.2) is 18.2 Å². The second-order valence-corrected chi connectivity index (χ2v) is 5.86. The first-order chi connectivity index (χ1) is 8.19. The van der Waals surface area contributed by atoms with Gasteiger partial charge >= 0.3 is 5.97 Å². The molecule has 7 heteroatoms. The number of benzene rings is 1. The lowest BCUT2D eigenvalue weighted by atomic mass is 10.1. The molecule has 0 saturated carbocycles. The summed E-state index contributed by atoms with van der Waals surface area (Å²) in [4.78, 5) is 10.7. The van der Waals surface area contributed by atoms with E-state index in [-0.39, 0.29) is 0 Å². The number of carboxylic acids is 1. The Balaban J connectivity index is 2.89. The highest BCUT2D eigenvalue weighted by atomic mass is 32.2. The van der Waals surface area contributed by atoms with Gasteiger partial charge in [0.1, 0.15) is 6.04 Å². The van der Waals surface area contributed by atoms with Crippen LogP contribution in [-0.2, 0) is 14.8 Å². The average molecular weight is 272 g/mol. The van der Waals surface area contributed by atoms with Crippen LogP contribution in [0.3, 0.4) is 0 Å². The molecule has 0 heterocycles. The number of aliphatic carboxylic acids is 1. The van der Waals surface area contributed by atoms with Gasteiger partial charge in [-0.1, -0.05) is 0 Å². The first kappa shape index (κ1) is 14.3. The third-order valence-corrected chi connectivity index (χ3v) is 2.87. The molecule has 0 aromatic heterocycles. The fourth-order valence-corrected chi connectivity index (χ4v) is 2.01. The quantitative estimate of drug-likeness (QED) is 0.749. The van der Waals surface area contributed by atoms with Crippen LogP contribution in [-0.4, -0.2) is 31.8 Å². The predicted octanol–water partition coefficient (Wildman–Crippen LogP) is 1.25. The lowest BCUT2D eigenvalue weighted by Crippen LogP contribution is -2.25. The molecule has 0 radical (unpaired) electrons. The maximum Gasteiger partial charge on any atom is 0.325 e. The van der Waals surface area contributed by atoms with E-state index in [0.717, 1.165) is 6.26 Å². The first-order valence-electron chi connectivity index (χ1n) is 5.27. The number of sulfonamides is 1. The van der Waals surface area contributed by atoms with Crippen molar-refractivity contribution in [1.29, 1.82) is 0 Å². The Labute approximate surface area is 106 Å². The van der Waals surface area contributed by atoms with Crippen molar-refractivity contribution in [2.45, 2.75) is 19.9 Å².